The molecule has 0 spiro atoms. The van der Waals surface area contributed by atoms with Gasteiger partial charge in [-0.2, -0.15) is 10.1 Å². The largest absolute Gasteiger partial charge is 0.369 e. The number of piperazine rings is 1. The highest BCUT2D eigenvalue weighted by molar-refractivity contribution is 6.30. The predicted octanol–water partition coefficient (Wildman–Crippen LogP) is 4.87. The summed E-state index contributed by atoms with van der Waals surface area (Å²) in [7, 11) is 0. The molecule has 1 N–H and O–H groups in total. The van der Waals surface area contributed by atoms with E-state index in [0.717, 1.165) is 49.7 Å². The van der Waals surface area contributed by atoms with Crippen molar-refractivity contribution in [3.05, 3.63) is 78.1 Å². The van der Waals surface area contributed by atoms with Gasteiger partial charge in [0.1, 0.15) is 0 Å². The minimum absolute atomic E-state index is 0.528. The number of rotatable bonds is 6. The summed E-state index contributed by atoms with van der Waals surface area (Å²) in [5.74, 6) is 1.22. The van der Waals surface area contributed by atoms with Crippen LogP contribution in [0.15, 0.2) is 73.1 Å². The van der Waals surface area contributed by atoms with Gasteiger partial charge < -0.3 is 15.1 Å². The standard InChI is InChI=1S/C25H26ClN7/c1-2-31-15-17-32(18-16-31)22-9-7-21(8-10-22)28-25-27-13-11-24(29-25)33-14-12-23(30-33)19-3-5-20(26)6-4-19/h3-14H,2,15-18H2,1H3,(H,27,28,29). The van der Waals surface area contributed by atoms with Gasteiger partial charge in [-0.05, 0) is 49.0 Å². The quantitative estimate of drug-likeness (QED) is 0.444. The van der Waals surface area contributed by atoms with Crippen LogP contribution in [0.3, 0.4) is 0 Å². The van der Waals surface area contributed by atoms with E-state index in [2.05, 4.69) is 61.4 Å². The van der Waals surface area contributed by atoms with Crippen molar-refractivity contribution in [3.8, 4) is 17.1 Å². The Kier molecular flexibility index (Phi) is 6.24. The number of halogens is 1. The Labute approximate surface area is 198 Å². The van der Waals surface area contributed by atoms with Crippen molar-refractivity contribution in [1.29, 1.82) is 0 Å². The average Bonchev–Trinajstić information content (AvgIpc) is 3.36. The van der Waals surface area contributed by atoms with Crippen molar-refractivity contribution in [2.75, 3.05) is 42.9 Å². The van der Waals surface area contributed by atoms with Gasteiger partial charge in [-0.3, -0.25) is 0 Å². The lowest BCUT2D eigenvalue weighted by atomic mass is 10.2. The lowest BCUT2D eigenvalue weighted by molar-refractivity contribution is 0.271. The third kappa shape index (κ3) is 4.99. The second-order valence-corrected chi connectivity index (χ2v) is 8.42. The van der Waals surface area contributed by atoms with E-state index in [1.54, 1.807) is 10.9 Å². The monoisotopic (exact) mass is 459 g/mol. The Bertz CT molecular complexity index is 1200. The second-order valence-electron chi connectivity index (χ2n) is 7.98. The molecule has 1 aliphatic rings. The number of hydrogen-bond donors (Lipinski definition) is 1. The highest BCUT2D eigenvalue weighted by Crippen LogP contribution is 2.23. The summed E-state index contributed by atoms with van der Waals surface area (Å²) in [5, 5.41) is 8.66. The molecule has 0 saturated carbocycles. The zero-order valence-electron chi connectivity index (χ0n) is 18.5. The summed E-state index contributed by atoms with van der Waals surface area (Å²) in [6.45, 7) is 7.70. The van der Waals surface area contributed by atoms with E-state index >= 15 is 0 Å². The summed E-state index contributed by atoms with van der Waals surface area (Å²) >= 11 is 5.99. The molecule has 2 aromatic heterocycles. The molecule has 7 nitrogen and oxygen atoms in total. The van der Waals surface area contributed by atoms with Crippen molar-refractivity contribution in [2.45, 2.75) is 6.92 Å². The van der Waals surface area contributed by atoms with Crippen molar-refractivity contribution in [3.63, 3.8) is 0 Å². The molecule has 0 atom stereocenters. The summed E-state index contributed by atoms with van der Waals surface area (Å²) in [4.78, 5) is 13.9. The number of anilines is 3. The van der Waals surface area contributed by atoms with Crippen LogP contribution < -0.4 is 10.2 Å². The minimum Gasteiger partial charge on any atom is -0.369 e. The highest BCUT2D eigenvalue weighted by Gasteiger charge is 2.15. The normalized spacial score (nSPS) is 14.4. The zero-order valence-corrected chi connectivity index (χ0v) is 19.3. The molecule has 33 heavy (non-hydrogen) atoms. The van der Waals surface area contributed by atoms with Gasteiger partial charge in [-0.25, -0.2) is 9.67 Å². The molecule has 0 aliphatic carbocycles. The number of likely N-dealkylation sites (N-methyl/N-ethyl adjacent to an activating group) is 1. The van der Waals surface area contributed by atoms with Crippen LogP contribution in [0.2, 0.25) is 5.02 Å². The van der Waals surface area contributed by atoms with Crippen molar-refractivity contribution in [1.82, 2.24) is 24.6 Å². The van der Waals surface area contributed by atoms with Crippen molar-refractivity contribution in [2.24, 2.45) is 0 Å². The molecule has 1 saturated heterocycles. The number of hydrogen-bond acceptors (Lipinski definition) is 6. The van der Waals surface area contributed by atoms with Crippen LogP contribution >= 0.6 is 11.6 Å². The van der Waals surface area contributed by atoms with E-state index in [1.807, 2.05) is 42.6 Å². The first kappa shape index (κ1) is 21.4. The van der Waals surface area contributed by atoms with Crippen LogP contribution in [0, 0.1) is 0 Å². The molecular weight excluding hydrogens is 434 g/mol. The molecule has 168 valence electrons. The molecule has 8 heteroatoms. The number of benzene rings is 2. The van der Waals surface area contributed by atoms with Gasteiger partial charge in [0.25, 0.3) is 0 Å². The molecule has 5 rings (SSSR count). The summed E-state index contributed by atoms with van der Waals surface area (Å²) in [5.41, 5.74) is 4.06. The van der Waals surface area contributed by atoms with Gasteiger partial charge in [0, 0.05) is 66.6 Å². The highest BCUT2D eigenvalue weighted by atomic mass is 35.5. The van der Waals surface area contributed by atoms with Gasteiger partial charge in [0.2, 0.25) is 5.95 Å². The Balaban J connectivity index is 1.27. The first-order valence-corrected chi connectivity index (χ1v) is 11.5. The van der Waals surface area contributed by atoms with E-state index in [0.29, 0.717) is 16.8 Å². The Hall–Kier alpha value is -3.42. The molecule has 1 aliphatic heterocycles. The smallest absolute Gasteiger partial charge is 0.229 e. The van der Waals surface area contributed by atoms with Crippen LogP contribution in [-0.2, 0) is 0 Å². The van der Waals surface area contributed by atoms with Crippen LogP contribution in [0.4, 0.5) is 17.3 Å². The summed E-state index contributed by atoms with van der Waals surface area (Å²) < 4.78 is 1.75. The van der Waals surface area contributed by atoms with Crippen molar-refractivity contribution < 1.29 is 0 Å². The molecule has 2 aromatic carbocycles. The first-order valence-electron chi connectivity index (χ1n) is 11.2. The Morgan fingerprint density at radius 2 is 1.67 bits per heavy atom. The fraction of sp³-hybridized carbons (Fsp3) is 0.240. The molecule has 0 amide bonds. The minimum atomic E-state index is 0.528. The lowest BCUT2D eigenvalue weighted by Gasteiger charge is -2.35. The predicted molar refractivity (Wildman–Crippen MR) is 134 cm³/mol. The fourth-order valence-electron chi connectivity index (χ4n) is 3.97. The van der Waals surface area contributed by atoms with Gasteiger partial charge in [-0.1, -0.05) is 30.7 Å². The lowest BCUT2D eigenvalue weighted by Crippen LogP contribution is -2.46. The summed E-state index contributed by atoms with van der Waals surface area (Å²) in [6.07, 6.45) is 3.62. The molecule has 1 fully saturated rings. The number of aromatic nitrogens is 4. The van der Waals surface area contributed by atoms with Gasteiger partial charge in [-0.15, -0.1) is 0 Å². The number of nitrogens with zero attached hydrogens (tertiary/aromatic N) is 6. The van der Waals surface area contributed by atoms with Gasteiger partial charge >= 0.3 is 0 Å². The van der Waals surface area contributed by atoms with Crippen LogP contribution in [0.25, 0.3) is 17.1 Å². The fourth-order valence-corrected chi connectivity index (χ4v) is 4.10. The second kappa shape index (κ2) is 9.60. The third-order valence-corrected chi connectivity index (χ3v) is 6.16. The summed E-state index contributed by atoms with van der Waals surface area (Å²) in [6, 6.07) is 19.9. The van der Waals surface area contributed by atoms with Crippen LogP contribution in [0.1, 0.15) is 6.92 Å². The third-order valence-electron chi connectivity index (χ3n) is 5.91. The maximum atomic E-state index is 5.99. The Morgan fingerprint density at radius 1 is 0.909 bits per heavy atom. The topological polar surface area (TPSA) is 62.1 Å². The van der Waals surface area contributed by atoms with Crippen molar-refractivity contribution >= 4 is 28.9 Å². The van der Waals surface area contributed by atoms with Crippen LogP contribution in [0.5, 0.6) is 0 Å². The first-order chi connectivity index (χ1) is 16.2. The van der Waals surface area contributed by atoms with Gasteiger partial charge in [0.15, 0.2) is 5.82 Å². The van der Waals surface area contributed by atoms with E-state index in [1.165, 1.54) is 5.69 Å². The molecule has 4 aromatic rings. The molecule has 3 heterocycles. The van der Waals surface area contributed by atoms with E-state index in [9.17, 15) is 0 Å². The maximum absolute atomic E-state index is 5.99. The zero-order chi connectivity index (χ0) is 22.6. The van der Waals surface area contributed by atoms with E-state index in [-0.39, 0.29) is 0 Å². The van der Waals surface area contributed by atoms with Crippen LogP contribution in [-0.4, -0.2) is 57.4 Å². The van der Waals surface area contributed by atoms with E-state index < -0.39 is 0 Å². The molecule has 0 unspecified atom stereocenters. The average molecular weight is 460 g/mol. The maximum Gasteiger partial charge on any atom is 0.229 e. The molecule has 0 bridgehead atoms. The Morgan fingerprint density at radius 3 is 2.39 bits per heavy atom. The van der Waals surface area contributed by atoms with E-state index in [4.69, 9.17) is 11.6 Å². The van der Waals surface area contributed by atoms with Gasteiger partial charge in [0.05, 0.1) is 5.69 Å². The molecular formula is C25H26ClN7. The molecule has 0 radical (unpaired) electrons. The number of nitrogens with one attached hydrogen (secondary N) is 1. The SMILES string of the molecule is CCN1CCN(c2ccc(Nc3nccc(-n4ccc(-c5ccc(Cl)cc5)n4)n3)cc2)CC1.